The maximum Gasteiger partial charge on any atom is 0.303 e. The Bertz CT molecular complexity index is 459. The number of ether oxygens (including phenoxy) is 1. The van der Waals surface area contributed by atoms with Gasteiger partial charge in [0, 0.05) is 26.5 Å². The van der Waals surface area contributed by atoms with E-state index in [2.05, 4.69) is 5.32 Å². The summed E-state index contributed by atoms with van der Waals surface area (Å²) in [7, 11) is 1.64. The summed E-state index contributed by atoms with van der Waals surface area (Å²) >= 11 is 0. The number of rotatable bonds is 8. The second kappa shape index (κ2) is 8.32. The molecule has 5 nitrogen and oxygen atoms in total. The number of methoxy groups -OCH3 is 1. The van der Waals surface area contributed by atoms with Crippen LogP contribution in [0.5, 0.6) is 0 Å². The number of aliphatic carboxylic acids is 1. The summed E-state index contributed by atoms with van der Waals surface area (Å²) in [5.74, 6) is -0.998. The minimum Gasteiger partial charge on any atom is -0.481 e. The first-order valence-corrected chi connectivity index (χ1v) is 6.57. The summed E-state index contributed by atoms with van der Waals surface area (Å²) in [5, 5.41) is 11.5. The molecule has 20 heavy (non-hydrogen) atoms. The first-order valence-electron chi connectivity index (χ1n) is 6.57. The fourth-order valence-corrected chi connectivity index (χ4v) is 2.11. The molecular weight excluding hydrogens is 258 g/mol. The molecule has 1 aromatic rings. The molecule has 0 fully saturated rings. The van der Waals surface area contributed by atoms with Crippen LogP contribution in [-0.4, -0.2) is 30.1 Å². The molecule has 1 aromatic carbocycles. The summed E-state index contributed by atoms with van der Waals surface area (Å²) in [4.78, 5) is 21.8. The van der Waals surface area contributed by atoms with Crippen molar-refractivity contribution in [1.29, 1.82) is 0 Å². The predicted octanol–water partition coefficient (Wildman–Crippen LogP) is 1.74. The highest BCUT2D eigenvalue weighted by Gasteiger charge is 2.13. The molecule has 110 valence electrons. The molecule has 1 rings (SSSR count). The third-order valence-electron chi connectivity index (χ3n) is 2.90. The number of carbonyl (C=O) groups excluding carboxylic acids is 1. The molecular formula is C15H21NO4. The van der Waals surface area contributed by atoms with Crippen LogP contribution in [0, 0.1) is 0 Å². The molecule has 0 aromatic heterocycles. The number of nitrogens with one attached hydrogen (secondary N) is 1. The Labute approximate surface area is 118 Å². The summed E-state index contributed by atoms with van der Waals surface area (Å²) in [6, 6.07) is 7.72. The number of carbonyl (C=O) groups is 2. The van der Waals surface area contributed by atoms with Gasteiger partial charge < -0.3 is 15.2 Å². The van der Waals surface area contributed by atoms with Gasteiger partial charge in [-0.05, 0) is 24.0 Å². The molecule has 1 atom stereocenters. The van der Waals surface area contributed by atoms with E-state index in [0.29, 0.717) is 19.4 Å². The molecule has 0 spiro atoms. The van der Waals surface area contributed by atoms with Crippen LogP contribution in [0.4, 0.5) is 0 Å². The minimum absolute atomic E-state index is 0.0444. The van der Waals surface area contributed by atoms with Crippen LogP contribution in [-0.2, 0) is 27.4 Å². The number of carboxylic acids is 1. The van der Waals surface area contributed by atoms with Crippen LogP contribution in [0.2, 0.25) is 0 Å². The monoisotopic (exact) mass is 279 g/mol. The molecule has 1 amide bonds. The average molecular weight is 279 g/mol. The lowest BCUT2D eigenvalue weighted by Gasteiger charge is -2.17. The van der Waals surface area contributed by atoms with E-state index in [4.69, 9.17) is 9.84 Å². The molecule has 2 N–H and O–H groups in total. The topological polar surface area (TPSA) is 75.6 Å². The Morgan fingerprint density at radius 2 is 2.05 bits per heavy atom. The highest BCUT2D eigenvalue weighted by Crippen LogP contribution is 2.11. The van der Waals surface area contributed by atoms with E-state index >= 15 is 0 Å². The van der Waals surface area contributed by atoms with Gasteiger partial charge in [0.1, 0.15) is 0 Å². The average Bonchev–Trinajstić information content (AvgIpc) is 2.36. The van der Waals surface area contributed by atoms with E-state index in [1.807, 2.05) is 24.3 Å². The SMILES string of the molecule is COCc1cccc(CC(CCC(=O)O)NC(C)=O)c1. The van der Waals surface area contributed by atoms with E-state index in [1.165, 1.54) is 6.92 Å². The Kier molecular flexibility index (Phi) is 6.73. The normalized spacial score (nSPS) is 11.9. The first-order chi connectivity index (χ1) is 9.51. The van der Waals surface area contributed by atoms with Gasteiger partial charge in [-0.3, -0.25) is 9.59 Å². The van der Waals surface area contributed by atoms with Gasteiger partial charge >= 0.3 is 5.97 Å². The summed E-state index contributed by atoms with van der Waals surface area (Å²) < 4.78 is 5.08. The number of hydrogen-bond acceptors (Lipinski definition) is 3. The zero-order valence-electron chi connectivity index (χ0n) is 11.9. The van der Waals surface area contributed by atoms with Crippen LogP contribution in [0.25, 0.3) is 0 Å². The second-order valence-electron chi connectivity index (χ2n) is 4.79. The second-order valence-corrected chi connectivity index (χ2v) is 4.79. The molecule has 0 aliphatic heterocycles. The van der Waals surface area contributed by atoms with Gasteiger partial charge in [0.25, 0.3) is 0 Å². The number of benzene rings is 1. The van der Waals surface area contributed by atoms with Crippen molar-refractivity contribution in [1.82, 2.24) is 5.32 Å². The molecule has 0 bridgehead atoms. The third kappa shape index (κ3) is 6.33. The lowest BCUT2D eigenvalue weighted by Crippen LogP contribution is -2.35. The van der Waals surface area contributed by atoms with Crippen LogP contribution in [0.1, 0.15) is 30.9 Å². The Balaban J connectivity index is 2.69. The Hall–Kier alpha value is -1.88. The lowest BCUT2D eigenvalue weighted by atomic mass is 10.00. The van der Waals surface area contributed by atoms with Crippen molar-refractivity contribution in [2.75, 3.05) is 7.11 Å². The van der Waals surface area contributed by atoms with Gasteiger partial charge in [-0.2, -0.15) is 0 Å². The largest absolute Gasteiger partial charge is 0.481 e. The maximum absolute atomic E-state index is 11.2. The maximum atomic E-state index is 11.2. The van der Waals surface area contributed by atoms with Gasteiger partial charge in [-0.25, -0.2) is 0 Å². The van der Waals surface area contributed by atoms with Gasteiger partial charge in [0.2, 0.25) is 5.91 Å². The van der Waals surface area contributed by atoms with Gasteiger partial charge in [0.15, 0.2) is 0 Å². The molecule has 0 saturated carbocycles. The molecule has 0 aliphatic carbocycles. The summed E-state index contributed by atoms with van der Waals surface area (Å²) in [5.41, 5.74) is 2.12. The van der Waals surface area contributed by atoms with Crippen LogP contribution in [0.3, 0.4) is 0 Å². The van der Waals surface area contributed by atoms with Crippen molar-refractivity contribution >= 4 is 11.9 Å². The smallest absolute Gasteiger partial charge is 0.303 e. The fraction of sp³-hybridized carbons (Fsp3) is 0.467. The van der Waals surface area contributed by atoms with E-state index in [1.54, 1.807) is 7.11 Å². The van der Waals surface area contributed by atoms with Crippen LogP contribution in [0.15, 0.2) is 24.3 Å². The van der Waals surface area contributed by atoms with Gasteiger partial charge in [-0.15, -0.1) is 0 Å². The predicted molar refractivity (Wildman–Crippen MR) is 75.3 cm³/mol. The highest BCUT2D eigenvalue weighted by atomic mass is 16.5. The Morgan fingerprint density at radius 1 is 1.35 bits per heavy atom. The molecule has 0 aliphatic rings. The summed E-state index contributed by atoms with van der Waals surface area (Å²) in [6.45, 7) is 1.98. The van der Waals surface area contributed by atoms with Crippen molar-refractivity contribution in [2.24, 2.45) is 0 Å². The first kappa shape index (κ1) is 16.2. The van der Waals surface area contributed by atoms with E-state index in [0.717, 1.165) is 11.1 Å². The molecule has 0 saturated heterocycles. The minimum atomic E-state index is -0.853. The standard InChI is InChI=1S/C15H21NO4/c1-11(17)16-14(6-7-15(18)19)9-12-4-3-5-13(8-12)10-20-2/h3-5,8,14H,6-7,9-10H2,1-2H3,(H,16,17)(H,18,19). The molecule has 1 unspecified atom stereocenters. The van der Waals surface area contributed by atoms with E-state index in [-0.39, 0.29) is 18.4 Å². The van der Waals surface area contributed by atoms with Crippen molar-refractivity contribution < 1.29 is 19.4 Å². The van der Waals surface area contributed by atoms with Crippen LogP contribution >= 0.6 is 0 Å². The van der Waals surface area contributed by atoms with Crippen molar-refractivity contribution in [3.05, 3.63) is 35.4 Å². The van der Waals surface area contributed by atoms with Gasteiger partial charge in [0.05, 0.1) is 6.61 Å². The molecule has 0 radical (unpaired) electrons. The van der Waals surface area contributed by atoms with E-state index in [9.17, 15) is 9.59 Å². The molecule has 0 heterocycles. The summed E-state index contributed by atoms with van der Waals surface area (Å²) in [6.07, 6.45) is 1.08. The zero-order valence-corrected chi connectivity index (χ0v) is 11.9. The fourth-order valence-electron chi connectivity index (χ4n) is 2.11. The van der Waals surface area contributed by atoms with Crippen molar-refractivity contribution in [3.8, 4) is 0 Å². The number of carboxylic acid groups (broad SMARTS) is 1. The Morgan fingerprint density at radius 3 is 2.65 bits per heavy atom. The molecule has 5 heteroatoms. The van der Waals surface area contributed by atoms with Crippen molar-refractivity contribution in [3.63, 3.8) is 0 Å². The number of hydrogen-bond donors (Lipinski definition) is 2. The third-order valence-corrected chi connectivity index (χ3v) is 2.90. The quantitative estimate of drug-likeness (QED) is 0.760. The lowest BCUT2D eigenvalue weighted by molar-refractivity contribution is -0.137. The van der Waals surface area contributed by atoms with Crippen molar-refractivity contribution in [2.45, 2.75) is 38.8 Å². The highest BCUT2D eigenvalue weighted by molar-refractivity contribution is 5.73. The van der Waals surface area contributed by atoms with Gasteiger partial charge in [-0.1, -0.05) is 24.3 Å². The zero-order chi connectivity index (χ0) is 15.0. The number of amides is 1. The van der Waals surface area contributed by atoms with E-state index < -0.39 is 5.97 Å². The van der Waals surface area contributed by atoms with Crippen LogP contribution < -0.4 is 5.32 Å².